The third kappa shape index (κ3) is 9.91. The number of morpholine rings is 1. The predicted octanol–water partition coefficient (Wildman–Crippen LogP) is 3.33. The minimum absolute atomic E-state index is 0.0776. The van der Waals surface area contributed by atoms with Crippen LogP contribution in [0.4, 0.5) is 22.2 Å². The normalized spacial score (nSPS) is 18.9. The largest absolute Gasteiger partial charge is 0.489 e. The second kappa shape index (κ2) is 14.5. The summed E-state index contributed by atoms with van der Waals surface area (Å²) in [4.78, 5) is 32.0. The number of rotatable bonds is 11. The Morgan fingerprint density at radius 2 is 1.76 bits per heavy atom. The minimum Gasteiger partial charge on any atom is -0.489 e. The maximum absolute atomic E-state index is 11.8. The van der Waals surface area contributed by atoms with Gasteiger partial charge in [0.1, 0.15) is 24.1 Å². The van der Waals surface area contributed by atoms with Crippen molar-refractivity contribution in [1.82, 2.24) is 25.3 Å². The summed E-state index contributed by atoms with van der Waals surface area (Å²) < 4.78 is 49.0. The number of anilines is 3. The van der Waals surface area contributed by atoms with Gasteiger partial charge in [0.25, 0.3) is 0 Å². The van der Waals surface area contributed by atoms with E-state index in [4.69, 9.17) is 23.9 Å². The Balaban J connectivity index is 1.15. The lowest BCUT2D eigenvalue weighted by Gasteiger charge is -2.31. The van der Waals surface area contributed by atoms with Crippen LogP contribution in [0.25, 0.3) is 10.9 Å². The third-order valence-electron chi connectivity index (χ3n) is 7.22. The Morgan fingerprint density at radius 1 is 1.04 bits per heavy atom. The molecule has 2 fully saturated rings. The van der Waals surface area contributed by atoms with E-state index in [1.165, 1.54) is 6.20 Å². The predicted molar refractivity (Wildman–Crippen MR) is 173 cm³/mol. The van der Waals surface area contributed by atoms with Crippen molar-refractivity contribution in [3.63, 3.8) is 0 Å². The minimum atomic E-state index is -3.47. The van der Waals surface area contributed by atoms with Crippen LogP contribution in [0, 0.1) is 0 Å². The molecule has 0 bridgehead atoms. The molecule has 2 aliphatic rings. The molecule has 46 heavy (non-hydrogen) atoms. The van der Waals surface area contributed by atoms with Crippen LogP contribution in [0.5, 0.6) is 11.6 Å². The Morgan fingerprint density at radius 3 is 2.43 bits per heavy atom. The van der Waals surface area contributed by atoms with Gasteiger partial charge in [-0.25, -0.2) is 23.2 Å². The molecule has 0 spiro atoms. The first-order valence-electron chi connectivity index (χ1n) is 15.4. The molecule has 3 N–H and O–H groups in total. The highest BCUT2D eigenvalue weighted by Gasteiger charge is 2.25. The van der Waals surface area contributed by atoms with Crippen molar-refractivity contribution in [1.29, 1.82) is 0 Å². The number of nitrogens with zero attached hydrogens (tertiary/aromatic N) is 5. The Kier molecular flexibility index (Phi) is 10.5. The van der Waals surface area contributed by atoms with E-state index in [0.29, 0.717) is 60.5 Å². The van der Waals surface area contributed by atoms with Crippen molar-refractivity contribution in [2.24, 2.45) is 0 Å². The maximum atomic E-state index is 11.8. The Hall–Kier alpha value is -4.18. The van der Waals surface area contributed by atoms with Gasteiger partial charge in [-0.05, 0) is 52.5 Å². The van der Waals surface area contributed by atoms with Gasteiger partial charge in [0, 0.05) is 25.2 Å². The van der Waals surface area contributed by atoms with Crippen molar-refractivity contribution in [2.45, 2.75) is 64.2 Å². The van der Waals surface area contributed by atoms with Crippen molar-refractivity contribution >= 4 is 44.5 Å². The first-order valence-corrected chi connectivity index (χ1v) is 17.3. The fraction of sp³-hybridized carbons (Fsp3) is 0.567. The zero-order valence-corrected chi connectivity index (χ0v) is 27.4. The van der Waals surface area contributed by atoms with Crippen LogP contribution in [-0.2, 0) is 19.5 Å². The molecule has 1 saturated heterocycles. The van der Waals surface area contributed by atoms with E-state index in [1.807, 2.05) is 6.07 Å². The van der Waals surface area contributed by atoms with E-state index in [0.717, 1.165) is 37.8 Å². The topological polar surface area (TPSA) is 179 Å². The van der Waals surface area contributed by atoms with Gasteiger partial charge in [0.05, 0.1) is 61.2 Å². The van der Waals surface area contributed by atoms with Crippen LogP contribution in [0.1, 0.15) is 46.5 Å². The number of ether oxygens (including phenoxy) is 4. The van der Waals surface area contributed by atoms with E-state index < -0.39 is 21.7 Å². The lowest BCUT2D eigenvalue weighted by atomic mass is 9.93. The van der Waals surface area contributed by atoms with Gasteiger partial charge in [-0.3, -0.25) is 9.71 Å². The average Bonchev–Trinajstić information content (AvgIpc) is 3.00. The zero-order chi connectivity index (χ0) is 32.7. The highest BCUT2D eigenvalue weighted by molar-refractivity contribution is 7.92. The molecule has 1 aliphatic carbocycles. The molecule has 1 aliphatic heterocycles. The summed E-state index contributed by atoms with van der Waals surface area (Å²) in [5, 5.41) is 6.67. The molecule has 15 nitrogen and oxygen atoms in total. The van der Waals surface area contributed by atoms with Gasteiger partial charge >= 0.3 is 6.09 Å². The number of nitrogens with one attached hydrogen (secondary N) is 3. The molecule has 3 aromatic rings. The van der Waals surface area contributed by atoms with Crippen LogP contribution in [0.2, 0.25) is 0 Å². The van der Waals surface area contributed by atoms with Gasteiger partial charge in [0.2, 0.25) is 21.9 Å². The number of pyridine rings is 2. The number of alkyl carbamates (subject to hydrolysis) is 1. The van der Waals surface area contributed by atoms with Crippen LogP contribution in [0.3, 0.4) is 0 Å². The van der Waals surface area contributed by atoms with Crippen molar-refractivity contribution in [3.05, 3.63) is 30.7 Å². The van der Waals surface area contributed by atoms with Gasteiger partial charge < -0.3 is 34.5 Å². The summed E-state index contributed by atoms with van der Waals surface area (Å²) >= 11 is 0. The first kappa shape index (κ1) is 33.2. The summed E-state index contributed by atoms with van der Waals surface area (Å²) in [7, 11) is -3.47. The molecule has 0 atom stereocenters. The fourth-order valence-corrected chi connectivity index (χ4v) is 5.70. The highest BCUT2D eigenvalue weighted by atomic mass is 32.2. The number of carbonyl (C=O) groups is 1. The summed E-state index contributed by atoms with van der Waals surface area (Å²) in [6.07, 6.45) is 8.45. The summed E-state index contributed by atoms with van der Waals surface area (Å²) in [5.74, 6) is 2.19. The average molecular weight is 659 g/mol. The first-order chi connectivity index (χ1) is 21.9. The van der Waals surface area contributed by atoms with E-state index in [2.05, 4.69) is 35.2 Å². The number of sulfonamides is 1. The quantitative estimate of drug-likeness (QED) is 0.256. The van der Waals surface area contributed by atoms with Gasteiger partial charge in [0.15, 0.2) is 5.75 Å². The Labute approximate surface area is 268 Å². The van der Waals surface area contributed by atoms with Crippen LogP contribution < -0.4 is 29.7 Å². The van der Waals surface area contributed by atoms with Crippen LogP contribution in [-0.4, -0.2) is 97.9 Å². The van der Waals surface area contributed by atoms with Gasteiger partial charge in [-0.2, -0.15) is 4.98 Å². The molecular weight excluding hydrogens is 616 g/mol. The number of carbonyl (C=O) groups excluding carboxylic acids is 1. The molecule has 3 aromatic heterocycles. The van der Waals surface area contributed by atoms with E-state index in [9.17, 15) is 13.2 Å². The lowest BCUT2D eigenvalue weighted by Crippen LogP contribution is -2.37. The molecule has 0 unspecified atom stereocenters. The van der Waals surface area contributed by atoms with Crippen molar-refractivity contribution in [2.75, 3.05) is 60.6 Å². The van der Waals surface area contributed by atoms with E-state index >= 15 is 0 Å². The molecule has 0 radical (unpaired) electrons. The van der Waals surface area contributed by atoms with E-state index in [-0.39, 0.29) is 25.3 Å². The van der Waals surface area contributed by atoms with Crippen molar-refractivity contribution in [3.8, 4) is 11.6 Å². The number of aromatic nitrogens is 4. The van der Waals surface area contributed by atoms with E-state index in [1.54, 1.807) is 39.2 Å². The molecular formula is C30H42N8O7S. The maximum Gasteiger partial charge on any atom is 0.407 e. The molecule has 250 valence electrons. The summed E-state index contributed by atoms with van der Waals surface area (Å²) in [5.41, 5.74) is 0.463. The van der Waals surface area contributed by atoms with Crippen LogP contribution in [0.15, 0.2) is 30.7 Å². The monoisotopic (exact) mass is 658 g/mol. The number of fused-ring (bicyclic) bond motifs is 1. The summed E-state index contributed by atoms with van der Waals surface area (Å²) in [6.45, 7) is 8.61. The highest BCUT2D eigenvalue weighted by Crippen LogP contribution is 2.33. The molecule has 1 saturated carbocycles. The van der Waals surface area contributed by atoms with Crippen LogP contribution >= 0.6 is 0 Å². The number of hydrogen-bond acceptors (Lipinski definition) is 13. The molecule has 5 rings (SSSR count). The molecule has 4 heterocycles. The lowest BCUT2D eigenvalue weighted by molar-refractivity contribution is 0.0520. The molecule has 1 amide bonds. The van der Waals surface area contributed by atoms with Crippen molar-refractivity contribution < 1.29 is 32.2 Å². The fourth-order valence-electron chi connectivity index (χ4n) is 5.16. The SMILES string of the molecule is CC(C)(C)OC(=O)NCCOc1cnc(NC2CCC(Oc3nc(N4CCOCC4)cc4ncc(NS(C)(=O)=O)cc34)CC2)nc1. The third-order valence-corrected chi connectivity index (χ3v) is 7.83. The van der Waals surface area contributed by atoms with Gasteiger partial charge in [-0.1, -0.05) is 0 Å². The standard InChI is InChI=1S/C30H42N8O7S/c1-30(2,3)45-29(39)31-9-12-43-23-18-33-28(34-19-23)35-20-5-7-22(8-6-20)44-27-24-15-21(37-46(4,40)41)17-32-25(24)16-26(36-27)38-10-13-42-14-11-38/h15-20,22,37H,5-14H2,1-4H3,(H,31,39)(H,33,34,35). The molecule has 16 heteroatoms. The zero-order valence-electron chi connectivity index (χ0n) is 26.6. The van der Waals surface area contributed by atoms with Gasteiger partial charge in [-0.15, -0.1) is 0 Å². The second-order valence-corrected chi connectivity index (χ2v) is 14.1. The Bertz CT molecular complexity index is 1590. The number of hydrogen-bond donors (Lipinski definition) is 3. The smallest absolute Gasteiger partial charge is 0.407 e. The number of amides is 1. The second-order valence-electron chi connectivity index (χ2n) is 12.3. The molecule has 0 aromatic carbocycles. The summed E-state index contributed by atoms with van der Waals surface area (Å²) in [6, 6.07) is 3.78.